The van der Waals surface area contributed by atoms with Crippen molar-refractivity contribution in [1.29, 1.82) is 0 Å². The molecule has 1 heterocycles. The molecule has 1 aromatic carbocycles. The van der Waals surface area contributed by atoms with Gasteiger partial charge in [0.25, 0.3) is 0 Å². The van der Waals surface area contributed by atoms with Crippen LogP contribution in [0, 0.1) is 18.3 Å². The van der Waals surface area contributed by atoms with Crippen LogP contribution in [0.25, 0.3) is 0 Å². The average Bonchev–Trinajstić information content (AvgIpc) is 2.79. The van der Waals surface area contributed by atoms with Gasteiger partial charge in [-0.1, -0.05) is 12.1 Å². The number of carbonyl (C=O) groups excluding carboxylic acids is 1. The molecule has 3 heteroatoms. The number of terminal acetylenes is 1. The van der Waals surface area contributed by atoms with Crippen molar-refractivity contribution < 1.29 is 9.53 Å². The fourth-order valence-corrected chi connectivity index (χ4v) is 2.28. The zero-order chi connectivity index (χ0) is 13.1. The summed E-state index contributed by atoms with van der Waals surface area (Å²) in [6.07, 6.45) is 5.86. The Morgan fingerprint density at radius 2 is 2.11 bits per heavy atom. The van der Waals surface area contributed by atoms with Crippen LogP contribution in [-0.4, -0.2) is 24.5 Å². The van der Waals surface area contributed by atoms with E-state index in [4.69, 9.17) is 11.2 Å². The van der Waals surface area contributed by atoms with Crippen molar-refractivity contribution in [2.24, 2.45) is 5.92 Å². The Morgan fingerprint density at radius 3 is 2.61 bits per heavy atom. The second-order valence-corrected chi connectivity index (χ2v) is 4.56. The number of hydrogen-bond donors (Lipinski definition) is 0. The van der Waals surface area contributed by atoms with Gasteiger partial charge in [0, 0.05) is 18.9 Å². The molecule has 1 aliphatic heterocycles. The van der Waals surface area contributed by atoms with Crippen molar-refractivity contribution in [3.05, 3.63) is 29.8 Å². The lowest BCUT2D eigenvalue weighted by atomic mass is 10.1. The molecule has 0 bridgehead atoms. The van der Waals surface area contributed by atoms with Gasteiger partial charge in [-0.3, -0.25) is 4.79 Å². The van der Waals surface area contributed by atoms with E-state index in [0.717, 1.165) is 11.3 Å². The Labute approximate surface area is 108 Å². The van der Waals surface area contributed by atoms with E-state index in [1.165, 1.54) is 0 Å². The molecule has 0 aromatic heterocycles. The molecule has 2 rings (SSSR count). The minimum Gasteiger partial charge on any atom is -0.497 e. The van der Waals surface area contributed by atoms with Crippen LogP contribution in [0.3, 0.4) is 0 Å². The lowest BCUT2D eigenvalue weighted by Gasteiger charge is -2.25. The van der Waals surface area contributed by atoms with Gasteiger partial charge in [0.2, 0.25) is 5.91 Å². The van der Waals surface area contributed by atoms with Crippen molar-refractivity contribution in [2.75, 3.05) is 13.7 Å². The summed E-state index contributed by atoms with van der Waals surface area (Å²) in [6.45, 7) is 2.68. The van der Waals surface area contributed by atoms with E-state index in [9.17, 15) is 4.79 Å². The molecular formula is C15H17NO2. The van der Waals surface area contributed by atoms with Crippen LogP contribution in [0.1, 0.15) is 24.9 Å². The molecule has 0 spiro atoms. The van der Waals surface area contributed by atoms with Crippen LogP contribution in [-0.2, 0) is 4.79 Å². The first kappa shape index (κ1) is 12.5. The molecule has 0 saturated carbocycles. The van der Waals surface area contributed by atoms with Gasteiger partial charge in [-0.05, 0) is 24.6 Å². The Morgan fingerprint density at radius 1 is 1.44 bits per heavy atom. The number of likely N-dealkylation sites (tertiary alicyclic amines) is 1. The summed E-state index contributed by atoms with van der Waals surface area (Å²) < 4.78 is 5.12. The zero-order valence-electron chi connectivity index (χ0n) is 10.7. The molecule has 18 heavy (non-hydrogen) atoms. The third-order valence-electron chi connectivity index (χ3n) is 3.46. The summed E-state index contributed by atoms with van der Waals surface area (Å²) >= 11 is 0. The molecule has 0 N–H and O–H groups in total. The minimum absolute atomic E-state index is 0.0539. The molecule has 1 fully saturated rings. The molecule has 1 unspecified atom stereocenters. The van der Waals surface area contributed by atoms with E-state index in [1.807, 2.05) is 36.1 Å². The average molecular weight is 243 g/mol. The van der Waals surface area contributed by atoms with Gasteiger partial charge in [0.15, 0.2) is 0 Å². The van der Waals surface area contributed by atoms with Gasteiger partial charge >= 0.3 is 0 Å². The van der Waals surface area contributed by atoms with Crippen molar-refractivity contribution in [3.8, 4) is 18.1 Å². The van der Waals surface area contributed by atoms with E-state index in [0.29, 0.717) is 13.0 Å². The van der Waals surface area contributed by atoms with E-state index in [-0.39, 0.29) is 17.9 Å². The first-order chi connectivity index (χ1) is 8.65. The Kier molecular flexibility index (Phi) is 3.57. The summed E-state index contributed by atoms with van der Waals surface area (Å²) in [5.41, 5.74) is 1.10. The van der Waals surface area contributed by atoms with E-state index in [2.05, 4.69) is 5.92 Å². The summed E-state index contributed by atoms with van der Waals surface area (Å²) in [7, 11) is 1.64. The van der Waals surface area contributed by atoms with Gasteiger partial charge < -0.3 is 9.64 Å². The second-order valence-electron chi connectivity index (χ2n) is 4.56. The van der Waals surface area contributed by atoms with Crippen LogP contribution in [0.2, 0.25) is 0 Å². The predicted molar refractivity (Wildman–Crippen MR) is 70.1 cm³/mol. The lowest BCUT2D eigenvalue weighted by Crippen LogP contribution is -2.28. The maximum atomic E-state index is 11.9. The third kappa shape index (κ3) is 2.33. The smallest absolute Gasteiger partial charge is 0.224 e. The molecular weight excluding hydrogens is 226 g/mol. The van der Waals surface area contributed by atoms with Crippen molar-refractivity contribution in [2.45, 2.75) is 19.4 Å². The highest BCUT2D eigenvalue weighted by molar-refractivity contribution is 5.79. The van der Waals surface area contributed by atoms with Gasteiger partial charge in [0.1, 0.15) is 5.75 Å². The zero-order valence-corrected chi connectivity index (χ0v) is 10.7. The van der Waals surface area contributed by atoms with Crippen molar-refractivity contribution in [3.63, 3.8) is 0 Å². The highest BCUT2D eigenvalue weighted by Crippen LogP contribution is 2.28. The third-order valence-corrected chi connectivity index (χ3v) is 3.46. The molecule has 1 amide bonds. The number of hydrogen-bond acceptors (Lipinski definition) is 2. The molecule has 1 saturated heterocycles. The Balaban J connectivity index is 2.13. The molecule has 0 radical (unpaired) electrons. The minimum atomic E-state index is 0.0539. The van der Waals surface area contributed by atoms with Crippen LogP contribution in [0.5, 0.6) is 5.75 Å². The van der Waals surface area contributed by atoms with Crippen molar-refractivity contribution in [1.82, 2.24) is 4.90 Å². The fraction of sp³-hybridized carbons (Fsp3) is 0.400. The number of rotatable bonds is 3. The van der Waals surface area contributed by atoms with Crippen LogP contribution < -0.4 is 4.74 Å². The SMILES string of the molecule is C#CC1CC(=O)N([C@@H](C)c2ccc(OC)cc2)C1. The first-order valence-electron chi connectivity index (χ1n) is 6.05. The van der Waals surface area contributed by atoms with Crippen LogP contribution >= 0.6 is 0 Å². The van der Waals surface area contributed by atoms with Gasteiger partial charge in [-0.15, -0.1) is 12.3 Å². The fourth-order valence-electron chi connectivity index (χ4n) is 2.28. The van der Waals surface area contributed by atoms with Gasteiger partial charge in [-0.2, -0.15) is 0 Å². The number of amides is 1. The molecule has 1 aromatic rings. The quantitative estimate of drug-likeness (QED) is 0.762. The number of ether oxygens (including phenoxy) is 1. The number of nitrogens with zero attached hydrogens (tertiary/aromatic N) is 1. The second kappa shape index (κ2) is 5.14. The lowest BCUT2D eigenvalue weighted by molar-refractivity contribution is -0.129. The maximum Gasteiger partial charge on any atom is 0.224 e. The first-order valence-corrected chi connectivity index (χ1v) is 6.05. The van der Waals surface area contributed by atoms with E-state index in [1.54, 1.807) is 7.11 Å². The molecule has 1 aliphatic rings. The Hall–Kier alpha value is -1.95. The summed E-state index contributed by atoms with van der Waals surface area (Å²) in [5, 5.41) is 0. The van der Waals surface area contributed by atoms with Crippen LogP contribution in [0.15, 0.2) is 24.3 Å². The highest BCUT2D eigenvalue weighted by Gasteiger charge is 2.31. The van der Waals surface area contributed by atoms with Gasteiger partial charge in [-0.25, -0.2) is 0 Å². The number of methoxy groups -OCH3 is 1. The normalized spacial score (nSPS) is 20.6. The van der Waals surface area contributed by atoms with Crippen LogP contribution in [0.4, 0.5) is 0 Å². The van der Waals surface area contributed by atoms with E-state index < -0.39 is 0 Å². The summed E-state index contributed by atoms with van der Waals surface area (Å²) in [6, 6.07) is 7.84. The standard InChI is InChI=1S/C15H17NO2/c1-4-12-9-15(17)16(10-12)11(2)13-5-7-14(18-3)8-6-13/h1,5-8,11-12H,9-10H2,2-3H3/t11-,12?/m0/s1. The highest BCUT2D eigenvalue weighted by atomic mass is 16.5. The Bertz CT molecular complexity index is 472. The number of benzene rings is 1. The van der Waals surface area contributed by atoms with Crippen molar-refractivity contribution >= 4 is 5.91 Å². The maximum absolute atomic E-state index is 11.9. The predicted octanol–water partition coefficient (Wildman–Crippen LogP) is 2.24. The monoisotopic (exact) mass is 243 g/mol. The molecule has 94 valence electrons. The summed E-state index contributed by atoms with van der Waals surface area (Å²) in [4.78, 5) is 13.7. The molecule has 3 nitrogen and oxygen atoms in total. The largest absolute Gasteiger partial charge is 0.497 e. The topological polar surface area (TPSA) is 29.5 Å². The summed E-state index contributed by atoms with van der Waals surface area (Å²) in [5.74, 6) is 3.68. The van der Waals surface area contributed by atoms with E-state index >= 15 is 0 Å². The molecule has 0 aliphatic carbocycles. The van der Waals surface area contributed by atoms with Gasteiger partial charge in [0.05, 0.1) is 13.2 Å². The number of carbonyl (C=O) groups is 1. The molecule has 2 atom stereocenters.